The molecule has 0 unspecified atom stereocenters. The standard InChI is InChI=1S/C50H55N7O5/c1-28(2)30(4)49(59)56-24-29(3)20-41(56)47-51-39-18-14-35-22-33(12-16-37(35)45(39)54-47)34-13-17-38-36(23-34)15-19-40-46(38)55-48(52-40)42-21-31(26-61-5)25-57(42)50(60)44(53-43(58)27-62-6)32-10-8-7-9-11-32/h7-19,22-23,28-31,41-42,44H,20-21,24-27H2,1-6H3,(H,51,54)(H,52,55)(H,53,58)/t29-,30-,31-,41-,42-,44+/m0/s1. The molecular weight excluding hydrogens is 779 g/mol. The van der Waals surface area contributed by atoms with Crippen LogP contribution in [0, 0.1) is 23.7 Å². The van der Waals surface area contributed by atoms with Gasteiger partial charge in [-0.3, -0.25) is 14.4 Å². The molecule has 62 heavy (non-hydrogen) atoms. The van der Waals surface area contributed by atoms with Gasteiger partial charge in [0.2, 0.25) is 17.7 Å². The van der Waals surface area contributed by atoms with E-state index in [1.54, 1.807) is 7.11 Å². The molecule has 320 valence electrons. The number of rotatable bonds is 12. The summed E-state index contributed by atoms with van der Waals surface area (Å²) in [6.07, 6.45) is 1.56. The van der Waals surface area contributed by atoms with E-state index in [9.17, 15) is 14.4 Å². The molecule has 0 bridgehead atoms. The maximum atomic E-state index is 14.5. The third-order valence-corrected chi connectivity index (χ3v) is 13.2. The summed E-state index contributed by atoms with van der Waals surface area (Å²) >= 11 is 0. The number of imidazole rings is 2. The van der Waals surface area contributed by atoms with E-state index < -0.39 is 6.04 Å². The van der Waals surface area contributed by atoms with Crippen LogP contribution in [0.5, 0.6) is 0 Å². The second-order valence-electron chi connectivity index (χ2n) is 17.8. The van der Waals surface area contributed by atoms with E-state index in [4.69, 9.17) is 19.4 Å². The van der Waals surface area contributed by atoms with Crippen LogP contribution in [0.2, 0.25) is 0 Å². The fourth-order valence-electron chi connectivity index (χ4n) is 9.64. The summed E-state index contributed by atoms with van der Waals surface area (Å²) in [5.41, 5.74) is 6.51. The van der Waals surface area contributed by atoms with Crippen LogP contribution in [-0.4, -0.2) is 88.0 Å². The topological polar surface area (TPSA) is 146 Å². The molecule has 9 rings (SSSR count). The number of hydrogen-bond donors (Lipinski definition) is 3. The number of benzene rings is 5. The third kappa shape index (κ3) is 7.70. The number of methoxy groups -OCH3 is 2. The number of aromatic amines is 2. The lowest BCUT2D eigenvalue weighted by Crippen LogP contribution is -2.44. The number of fused-ring (bicyclic) bond motifs is 6. The van der Waals surface area contributed by atoms with E-state index in [0.717, 1.165) is 73.5 Å². The maximum Gasteiger partial charge on any atom is 0.250 e. The highest BCUT2D eigenvalue weighted by Crippen LogP contribution is 2.40. The Kier molecular flexibility index (Phi) is 11.3. The highest BCUT2D eigenvalue weighted by atomic mass is 16.5. The number of nitrogens with zero attached hydrogens (tertiary/aromatic N) is 4. The first-order chi connectivity index (χ1) is 30.0. The van der Waals surface area contributed by atoms with Crippen molar-refractivity contribution < 1.29 is 23.9 Å². The third-order valence-electron chi connectivity index (χ3n) is 13.2. The smallest absolute Gasteiger partial charge is 0.250 e. The molecule has 7 aromatic rings. The van der Waals surface area contributed by atoms with Crippen molar-refractivity contribution in [1.29, 1.82) is 0 Å². The van der Waals surface area contributed by atoms with Gasteiger partial charge in [-0.25, -0.2) is 9.97 Å². The molecule has 2 aromatic heterocycles. The molecule has 0 aliphatic carbocycles. The van der Waals surface area contributed by atoms with Crippen LogP contribution in [0.3, 0.4) is 0 Å². The summed E-state index contributed by atoms with van der Waals surface area (Å²) < 4.78 is 10.6. The fraction of sp³-hybridized carbons (Fsp3) is 0.380. The predicted octanol–water partition coefficient (Wildman–Crippen LogP) is 8.65. The maximum absolute atomic E-state index is 14.5. The number of carbonyl (C=O) groups excluding carboxylic acids is 3. The summed E-state index contributed by atoms with van der Waals surface area (Å²) in [4.78, 5) is 62.1. The summed E-state index contributed by atoms with van der Waals surface area (Å²) in [7, 11) is 3.13. The van der Waals surface area contributed by atoms with Crippen molar-refractivity contribution in [2.75, 3.05) is 40.5 Å². The Morgan fingerprint density at radius 2 is 1.31 bits per heavy atom. The number of aromatic nitrogens is 4. The minimum Gasteiger partial charge on any atom is -0.384 e. The molecule has 2 aliphatic rings. The van der Waals surface area contributed by atoms with Gasteiger partial charge in [0, 0.05) is 49.9 Å². The Labute approximate surface area is 361 Å². The highest BCUT2D eigenvalue weighted by Gasteiger charge is 2.42. The predicted molar refractivity (Wildman–Crippen MR) is 242 cm³/mol. The summed E-state index contributed by atoms with van der Waals surface area (Å²) in [6, 6.07) is 29.4. The average molecular weight is 834 g/mol. The molecule has 5 aromatic carbocycles. The first-order valence-corrected chi connectivity index (χ1v) is 21.8. The van der Waals surface area contributed by atoms with Gasteiger partial charge in [0.15, 0.2) is 0 Å². The number of likely N-dealkylation sites (tertiary alicyclic amines) is 2. The number of hydrogen-bond acceptors (Lipinski definition) is 7. The van der Waals surface area contributed by atoms with Crippen LogP contribution in [0.25, 0.3) is 54.7 Å². The Morgan fingerprint density at radius 3 is 1.87 bits per heavy atom. The van der Waals surface area contributed by atoms with Crippen molar-refractivity contribution in [2.45, 2.75) is 58.7 Å². The van der Waals surface area contributed by atoms with Crippen molar-refractivity contribution in [1.82, 2.24) is 35.1 Å². The van der Waals surface area contributed by atoms with Gasteiger partial charge < -0.3 is 34.6 Å². The highest BCUT2D eigenvalue weighted by molar-refractivity contribution is 6.07. The van der Waals surface area contributed by atoms with Crippen molar-refractivity contribution in [3.8, 4) is 11.1 Å². The Balaban J connectivity index is 1.00. The first-order valence-electron chi connectivity index (χ1n) is 21.8. The molecule has 4 heterocycles. The quantitative estimate of drug-likeness (QED) is 0.112. The van der Waals surface area contributed by atoms with E-state index in [-0.39, 0.29) is 54.2 Å². The SMILES string of the molecule is COCC(=O)N[C@@H](C(=O)N1C[C@@H](COC)C[C@H]1c1nc2ccc3cc(-c4ccc5c(ccc6nc([C@@H]7C[C@H](C)CN7C(=O)[C@@H](C)C(C)C)[nH]c65)c4)ccc3c2[nH]1)c1ccccc1. The second-order valence-corrected chi connectivity index (χ2v) is 17.8. The van der Waals surface area contributed by atoms with E-state index in [1.165, 1.54) is 7.11 Å². The van der Waals surface area contributed by atoms with Gasteiger partial charge in [0.25, 0.3) is 0 Å². The zero-order chi connectivity index (χ0) is 43.2. The van der Waals surface area contributed by atoms with E-state index in [0.29, 0.717) is 36.9 Å². The molecule has 6 atom stereocenters. The minimum absolute atomic E-state index is 0.0399. The summed E-state index contributed by atoms with van der Waals surface area (Å²) in [5, 5.41) is 7.21. The van der Waals surface area contributed by atoms with Crippen molar-refractivity contribution in [3.05, 3.63) is 108 Å². The normalized spacial score (nSPS) is 20.2. The van der Waals surface area contributed by atoms with Crippen molar-refractivity contribution in [3.63, 3.8) is 0 Å². The Bertz CT molecular complexity index is 2800. The number of nitrogens with one attached hydrogen (secondary N) is 3. The molecule has 0 radical (unpaired) electrons. The fourth-order valence-corrected chi connectivity index (χ4v) is 9.64. The average Bonchev–Trinajstić information content (AvgIpc) is 4.09. The summed E-state index contributed by atoms with van der Waals surface area (Å²) in [6.45, 7) is 10.0. The first kappa shape index (κ1) is 41.3. The lowest BCUT2D eigenvalue weighted by molar-refractivity contribution is -0.138. The second kappa shape index (κ2) is 17.0. The molecule has 2 fully saturated rings. The monoisotopic (exact) mass is 833 g/mol. The number of amides is 3. The van der Waals surface area contributed by atoms with Gasteiger partial charge in [0.1, 0.15) is 24.3 Å². The van der Waals surface area contributed by atoms with Crippen LogP contribution in [-0.2, 0) is 23.9 Å². The van der Waals surface area contributed by atoms with E-state index in [1.807, 2.05) is 53.1 Å². The lowest BCUT2D eigenvalue weighted by atomic mass is 9.96. The molecule has 3 N–H and O–H groups in total. The minimum atomic E-state index is -0.883. The Morgan fingerprint density at radius 1 is 0.726 bits per heavy atom. The van der Waals surface area contributed by atoms with E-state index >= 15 is 0 Å². The van der Waals surface area contributed by atoms with Crippen molar-refractivity contribution >= 4 is 61.3 Å². The van der Waals surface area contributed by atoms with Crippen LogP contribution >= 0.6 is 0 Å². The number of carbonyl (C=O) groups is 3. The largest absolute Gasteiger partial charge is 0.384 e. The Hall–Kier alpha value is -6.11. The molecule has 2 saturated heterocycles. The molecule has 12 nitrogen and oxygen atoms in total. The summed E-state index contributed by atoms with van der Waals surface area (Å²) in [5.74, 6) is 1.93. The lowest BCUT2D eigenvalue weighted by Gasteiger charge is -2.28. The van der Waals surface area contributed by atoms with Crippen LogP contribution in [0.4, 0.5) is 0 Å². The van der Waals surface area contributed by atoms with Gasteiger partial charge in [-0.05, 0) is 76.4 Å². The molecule has 0 saturated carbocycles. The zero-order valence-corrected chi connectivity index (χ0v) is 36.3. The van der Waals surface area contributed by atoms with Gasteiger partial charge in [-0.15, -0.1) is 0 Å². The van der Waals surface area contributed by atoms with Gasteiger partial charge in [-0.2, -0.15) is 0 Å². The molecule has 0 spiro atoms. The van der Waals surface area contributed by atoms with Gasteiger partial charge >= 0.3 is 0 Å². The number of ether oxygens (including phenoxy) is 2. The molecule has 3 amide bonds. The number of H-pyrrole nitrogens is 2. The van der Waals surface area contributed by atoms with Gasteiger partial charge in [-0.1, -0.05) is 94.4 Å². The van der Waals surface area contributed by atoms with Crippen molar-refractivity contribution in [2.24, 2.45) is 23.7 Å². The molecule has 12 heteroatoms. The molecule has 2 aliphatic heterocycles. The van der Waals surface area contributed by atoms with Crippen LogP contribution in [0.15, 0.2) is 91.0 Å². The van der Waals surface area contributed by atoms with Gasteiger partial charge in [0.05, 0.1) is 40.8 Å². The molecular formula is C50H55N7O5. The van der Waals surface area contributed by atoms with Crippen LogP contribution in [0.1, 0.15) is 75.9 Å². The zero-order valence-electron chi connectivity index (χ0n) is 36.3. The van der Waals surface area contributed by atoms with E-state index in [2.05, 4.69) is 90.7 Å². The van der Waals surface area contributed by atoms with Crippen LogP contribution < -0.4 is 5.32 Å².